The Morgan fingerprint density at radius 1 is 0.489 bits per heavy atom. The van der Waals surface area contributed by atoms with Crippen molar-refractivity contribution in [2.75, 3.05) is 52.8 Å². The third-order valence-corrected chi connectivity index (χ3v) is 18.2. The van der Waals surface area contributed by atoms with Gasteiger partial charge in [-0.25, -0.2) is 18.5 Å². The fourth-order valence-corrected chi connectivity index (χ4v) is 13.2. The predicted octanol–water partition coefficient (Wildman–Crippen LogP) is -15.8. The first-order valence-electron chi connectivity index (χ1n) is 27.4. The number of phosphoric ester groups is 3. The summed E-state index contributed by atoms with van der Waals surface area (Å²) in [6, 6.07) is 0. The van der Waals surface area contributed by atoms with Gasteiger partial charge >= 0.3 is 29.4 Å². The first kappa shape index (κ1) is 79.5. The molecule has 6 rings (SSSR count). The quantitative estimate of drug-likeness (QED) is 0.0297. The Bertz CT molecular complexity index is 2460. The number of aliphatic carboxylic acids is 1. The van der Waals surface area contributed by atoms with Crippen LogP contribution in [0.3, 0.4) is 0 Å². The molecule has 6 saturated heterocycles. The van der Waals surface area contributed by atoms with Gasteiger partial charge in [0.25, 0.3) is 5.79 Å². The lowest BCUT2D eigenvalue weighted by molar-refractivity contribution is -0.398. The Morgan fingerprint density at radius 3 is 1.42 bits per heavy atom. The number of aliphatic hydroxyl groups excluding tert-OH is 20. The molecule has 0 bridgehead atoms. The third kappa shape index (κ3) is 18.7. The molecule has 46 nitrogen and oxygen atoms in total. The number of carboxylic acids is 1. The van der Waals surface area contributed by atoms with E-state index in [4.69, 9.17) is 66.9 Å². The lowest BCUT2D eigenvalue weighted by Crippen LogP contribution is -2.70. The largest absolute Gasteiger partial charge is 0.481 e. The standard InChI is InChI=1S/C43H78NO45P3/c44-1-2-76-91(71,72)89-92(73,74)88-36-30(14(54)9-75-37-22(60)20(58)21(59)27(79-37)11(51)4-45)82-40(80-28-10(50)3-43(67,42(65)66)86-31(28)13(53)6-47)26(64)34(36)85-41-25(63)33(35(87-90(68,69)70)29(81-41)12(52)5-46)84-39-24(62)32(18(56)16(8-49)78-39)83-38-23(61)19(57)17(55)15(7-48)77-38/h10-41,45-64,67H,1-9,44H2,(H,65,66)(H,71,72)(H,73,74)(H2,68,69,70)/t10-,11+,12+,13-,14+,15-,16-,17-,18-,19+,20+,21+,22+,23-,24-,25+,26+,27-,28-,29-,30-,31-,32+,33-,34-,35-,36-,37+,38-,39-,40+,41-,43-/m1/s1. The molecule has 2 unspecified atom stereocenters. The van der Waals surface area contributed by atoms with Crippen LogP contribution in [0.2, 0.25) is 0 Å². The molecule has 6 aliphatic heterocycles. The van der Waals surface area contributed by atoms with Gasteiger partial charge in [-0.15, -0.1) is 0 Å². The molecular formula is C43H78NO45P3. The highest BCUT2D eigenvalue weighted by molar-refractivity contribution is 7.61. The number of carbonyl (C=O) groups is 1. The average Bonchev–Trinajstić information content (AvgIpc) is 0.769. The zero-order valence-electron chi connectivity index (χ0n) is 47.1. The van der Waals surface area contributed by atoms with Crippen molar-refractivity contribution < 1.29 is 220 Å². The minimum absolute atomic E-state index is 0.562. The Labute approximate surface area is 516 Å². The van der Waals surface area contributed by atoms with Gasteiger partial charge in [0.2, 0.25) is 0 Å². The monoisotopic (exact) mass is 1420 g/mol. The van der Waals surface area contributed by atoms with Crippen molar-refractivity contribution in [3.05, 3.63) is 0 Å². The molecule has 28 N–H and O–H groups in total. The van der Waals surface area contributed by atoms with Crippen molar-refractivity contribution in [3.63, 3.8) is 0 Å². The Morgan fingerprint density at radius 2 is 0.913 bits per heavy atom. The van der Waals surface area contributed by atoms with Gasteiger partial charge in [0, 0.05) is 13.0 Å². The van der Waals surface area contributed by atoms with Gasteiger partial charge in [-0.1, -0.05) is 0 Å². The molecule has 0 radical (unpaired) electrons. The molecule has 92 heavy (non-hydrogen) atoms. The summed E-state index contributed by atoms with van der Waals surface area (Å²) in [4.78, 5) is 54.0. The van der Waals surface area contributed by atoms with Crippen LogP contribution in [0.4, 0.5) is 0 Å². The smallest absolute Gasteiger partial charge is 0.477 e. The summed E-state index contributed by atoms with van der Waals surface area (Å²) in [6.07, 6.45) is -80.4. The molecule has 0 aliphatic carbocycles. The van der Waals surface area contributed by atoms with E-state index in [0.717, 1.165) is 0 Å². The number of nitrogens with two attached hydrogens (primary N) is 1. The maximum atomic E-state index is 14.0. The molecule has 0 aromatic carbocycles. The molecule has 6 heterocycles. The number of aliphatic hydroxyl groups is 21. The summed E-state index contributed by atoms with van der Waals surface area (Å²) in [5.41, 5.74) is 5.29. The molecule has 0 aromatic heterocycles. The van der Waals surface area contributed by atoms with Gasteiger partial charge in [0.15, 0.2) is 31.5 Å². The summed E-state index contributed by atoms with van der Waals surface area (Å²) in [5.74, 6) is -5.61. The highest BCUT2D eigenvalue weighted by Gasteiger charge is 2.62. The first-order valence-corrected chi connectivity index (χ1v) is 31.9. The second-order valence-electron chi connectivity index (χ2n) is 21.5. The third-order valence-electron chi connectivity index (χ3n) is 15.0. The zero-order chi connectivity index (χ0) is 69.0. The van der Waals surface area contributed by atoms with Crippen LogP contribution in [0.5, 0.6) is 0 Å². The van der Waals surface area contributed by atoms with E-state index in [-0.39, 0.29) is 0 Å². The Hall–Kier alpha value is -1.48. The Kier molecular flexibility index (Phi) is 28.6. The lowest BCUT2D eigenvalue weighted by atomic mass is 9.91. The van der Waals surface area contributed by atoms with Crippen LogP contribution < -0.4 is 5.73 Å². The van der Waals surface area contributed by atoms with E-state index in [1.807, 2.05) is 0 Å². The Balaban J connectivity index is 1.49. The molecule has 540 valence electrons. The van der Waals surface area contributed by atoms with Crippen LogP contribution in [0.25, 0.3) is 0 Å². The van der Waals surface area contributed by atoms with Crippen LogP contribution in [0.1, 0.15) is 6.42 Å². The SMILES string of the molecule is NCCOP(=O)(O)OP(=O)(O)O[C@H]1[C@H](O[C@H]2O[C@H]([C@@H](O)CO)[C@@H](OP(=O)(O)O)[C@H](O[C@H]3O[C@H](CO)[C@@H](O)[C@H](O[C@H]4O[C@H](CO)[C@@H](O)[C@H](O)[C@H]4O)[C@H]3O)[C@@H]2O)[C@H](O)[C@@H](O[C@H]2[C@@H]([C@H](O)CO)O[C@@](O)(C(=O)O)C[C@H]2O)O[C@@H]1[C@@H](O)CO[C@H]1O[C@H]([C@@H](O)CO)[C@@H](O)[C@H](O)[C@@H]1O. The number of phosphoric acid groups is 3. The van der Waals surface area contributed by atoms with Crippen molar-refractivity contribution in [2.45, 2.75) is 208 Å². The molecule has 35 atom stereocenters. The summed E-state index contributed by atoms with van der Waals surface area (Å²) in [7, 11) is -18.4. The van der Waals surface area contributed by atoms with Crippen molar-refractivity contribution in [1.82, 2.24) is 0 Å². The summed E-state index contributed by atoms with van der Waals surface area (Å²) < 4.78 is 120. The van der Waals surface area contributed by atoms with Gasteiger partial charge in [-0.3, -0.25) is 13.6 Å². The van der Waals surface area contributed by atoms with E-state index in [1.165, 1.54) is 0 Å². The van der Waals surface area contributed by atoms with Crippen LogP contribution in [-0.4, -0.2) is 393 Å². The summed E-state index contributed by atoms with van der Waals surface area (Å²) in [6.45, 7) is -9.37. The fourth-order valence-electron chi connectivity index (χ4n) is 10.4. The van der Waals surface area contributed by atoms with Gasteiger partial charge in [0.1, 0.15) is 159 Å². The fraction of sp³-hybridized carbons (Fsp3) is 0.977. The zero-order valence-corrected chi connectivity index (χ0v) is 49.8. The van der Waals surface area contributed by atoms with Crippen molar-refractivity contribution in [1.29, 1.82) is 0 Å². The van der Waals surface area contributed by atoms with Crippen molar-refractivity contribution in [3.8, 4) is 0 Å². The number of rotatable bonds is 30. The van der Waals surface area contributed by atoms with E-state index >= 15 is 0 Å². The second-order valence-corrected chi connectivity index (χ2v) is 25.7. The van der Waals surface area contributed by atoms with Crippen LogP contribution in [0.15, 0.2) is 0 Å². The topological polar surface area (TPSA) is 759 Å². The normalized spacial score (nSPS) is 45.1. The molecule has 0 spiro atoms. The minimum atomic E-state index is -6.49. The number of ether oxygens (including phenoxy) is 11. The van der Waals surface area contributed by atoms with E-state index in [9.17, 15) is 150 Å². The second kappa shape index (κ2) is 33.1. The van der Waals surface area contributed by atoms with Gasteiger partial charge in [-0.05, 0) is 0 Å². The van der Waals surface area contributed by atoms with E-state index in [1.54, 1.807) is 0 Å². The first-order chi connectivity index (χ1) is 42.8. The van der Waals surface area contributed by atoms with E-state index < -0.39 is 291 Å². The van der Waals surface area contributed by atoms with E-state index in [2.05, 4.69) is 8.83 Å². The average molecular weight is 1420 g/mol. The molecule has 0 aromatic rings. The van der Waals surface area contributed by atoms with Crippen LogP contribution >= 0.6 is 23.5 Å². The van der Waals surface area contributed by atoms with Crippen LogP contribution in [-0.2, 0) is 88.5 Å². The van der Waals surface area contributed by atoms with Gasteiger partial charge in [0.05, 0.1) is 52.4 Å². The van der Waals surface area contributed by atoms with Gasteiger partial charge < -0.3 is 190 Å². The number of hydrogen-bond acceptors (Lipinski definition) is 41. The van der Waals surface area contributed by atoms with Crippen LogP contribution in [0, 0.1) is 0 Å². The maximum absolute atomic E-state index is 14.0. The lowest BCUT2D eigenvalue weighted by Gasteiger charge is -2.51. The van der Waals surface area contributed by atoms with E-state index in [0.29, 0.717) is 0 Å². The molecule has 6 fully saturated rings. The number of carboxylic acid groups (broad SMARTS) is 1. The summed E-state index contributed by atoms with van der Waals surface area (Å²) >= 11 is 0. The molecule has 0 saturated carbocycles. The highest BCUT2D eigenvalue weighted by Crippen LogP contribution is 2.62. The van der Waals surface area contributed by atoms with Crippen molar-refractivity contribution >= 4 is 29.4 Å². The predicted molar refractivity (Wildman–Crippen MR) is 274 cm³/mol. The minimum Gasteiger partial charge on any atom is -0.477 e. The van der Waals surface area contributed by atoms with Crippen molar-refractivity contribution in [2.24, 2.45) is 5.73 Å². The molecular weight excluding hydrogens is 1340 g/mol. The number of hydrogen-bond donors (Lipinski definition) is 27. The maximum Gasteiger partial charge on any atom is 0.481 e. The highest BCUT2D eigenvalue weighted by atomic mass is 31.3. The molecule has 49 heteroatoms. The summed E-state index contributed by atoms with van der Waals surface area (Å²) in [5, 5.41) is 237. The molecule has 6 aliphatic rings. The molecule has 0 amide bonds. The van der Waals surface area contributed by atoms with Gasteiger partial charge in [-0.2, -0.15) is 4.31 Å².